The molecule has 0 spiro atoms. The number of anilines is 2. The molecule has 0 bridgehead atoms. The molecule has 0 unspecified atom stereocenters. The quantitative estimate of drug-likeness (QED) is 0.251. The van der Waals surface area contributed by atoms with Crippen molar-refractivity contribution in [2.75, 3.05) is 5.32 Å². The lowest BCUT2D eigenvalue weighted by Crippen LogP contribution is -1.90. The summed E-state index contributed by atoms with van der Waals surface area (Å²) in [6, 6.07) is 47.2. The molecule has 0 atom stereocenters. The minimum atomic E-state index is 0.922. The number of thiophene rings is 1. The summed E-state index contributed by atoms with van der Waals surface area (Å²) in [7, 11) is 0. The molecule has 0 aliphatic carbocycles. The van der Waals surface area contributed by atoms with Crippen molar-refractivity contribution in [3.8, 4) is 22.3 Å². The molecule has 2 nitrogen and oxygen atoms in total. The fourth-order valence-electron chi connectivity index (χ4n) is 5.53. The van der Waals surface area contributed by atoms with Gasteiger partial charge in [0.15, 0.2) is 0 Å². The Hall–Kier alpha value is -4.86. The van der Waals surface area contributed by atoms with Crippen molar-refractivity contribution >= 4 is 64.8 Å². The van der Waals surface area contributed by atoms with E-state index >= 15 is 0 Å². The molecule has 0 aliphatic rings. The zero-order valence-corrected chi connectivity index (χ0v) is 21.8. The van der Waals surface area contributed by atoms with Gasteiger partial charge in [-0.05, 0) is 70.8 Å². The van der Waals surface area contributed by atoms with Crippen molar-refractivity contribution < 1.29 is 4.42 Å². The van der Waals surface area contributed by atoms with Gasteiger partial charge in [0.1, 0.15) is 11.2 Å². The van der Waals surface area contributed by atoms with E-state index < -0.39 is 0 Å². The Labute approximate surface area is 229 Å². The summed E-state index contributed by atoms with van der Waals surface area (Å²) < 4.78 is 8.67. The fraction of sp³-hybridized carbons (Fsp3) is 0. The molecular formula is C36H23NOS. The smallest absolute Gasteiger partial charge is 0.135 e. The zero-order valence-electron chi connectivity index (χ0n) is 21.0. The zero-order chi connectivity index (χ0) is 25.8. The molecule has 184 valence electrons. The highest BCUT2D eigenvalue weighted by Crippen LogP contribution is 2.40. The highest BCUT2D eigenvalue weighted by atomic mass is 32.1. The van der Waals surface area contributed by atoms with Gasteiger partial charge in [-0.15, -0.1) is 11.3 Å². The fourth-order valence-corrected chi connectivity index (χ4v) is 6.76. The summed E-state index contributed by atoms with van der Waals surface area (Å²) >= 11 is 1.87. The summed E-state index contributed by atoms with van der Waals surface area (Å²) in [4.78, 5) is 0. The molecule has 8 aromatic rings. The Morgan fingerprint density at radius 2 is 1.10 bits per heavy atom. The van der Waals surface area contributed by atoms with Crippen LogP contribution in [0.15, 0.2) is 138 Å². The number of para-hydroxylation sites is 1. The van der Waals surface area contributed by atoms with Crippen LogP contribution in [0, 0.1) is 0 Å². The lowest BCUT2D eigenvalue weighted by Gasteiger charge is -2.10. The molecule has 8 rings (SSSR count). The average molecular weight is 518 g/mol. The topological polar surface area (TPSA) is 25.2 Å². The second kappa shape index (κ2) is 8.87. The highest BCUT2D eigenvalue weighted by molar-refractivity contribution is 7.26. The average Bonchev–Trinajstić information content (AvgIpc) is 3.56. The SMILES string of the molecule is c1ccc2c(c1)oc1ccc(-c3ccc(Nc4ccc(-c5cccc6c5sc5ccccc56)cc4)cc3)cc12. The van der Waals surface area contributed by atoms with E-state index in [0.29, 0.717) is 0 Å². The number of hydrogen-bond donors (Lipinski definition) is 1. The van der Waals surface area contributed by atoms with Gasteiger partial charge in [-0.25, -0.2) is 0 Å². The van der Waals surface area contributed by atoms with Crippen molar-refractivity contribution in [1.29, 1.82) is 0 Å². The number of fused-ring (bicyclic) bond motifs is 6. The van der Waals surface area contributed by atoms with Crippen molar-refractivity contribution in [3.63, 3.8) is 0 Å². The van der Waals surface area contributed by atoms with Crippen LogP contribution in [0.25, 0.3) is 64.4 Å². The van der Waals surface area contributed by atoms with E-state index in [1.54, 1.807) is 0 Å². The minimum Gasteiger partial charge on any atom is -0.456 e. The van der Waals surface area contributed by atoms with Crippen LogP contribution in [0.3, 0.4) is 0 Å². The third-order valence-electron chi connectivity index (χ3n) is 7.48. The van der Waals surface area contributed by atoms with Crippen LogP contribution in [0.1, 0.15) is 0 Å². The van der Waals surface area contributed by atoms with Crippen LogP contribution in [0.2, 0.25) is 0 Å². The van der Waals surface area contributed by atoms with Crippen molar-refractivity contribution in [2.24, 2.45) is 0 Å². The maximum atomic E-state index is 5.99. The molecule has 1 N–H and O–H groups in total. The van der Waals surface area contributed by atoms with Crippen molar-refractivity contribution in [1.82, 2.24) is 0 Å². The Kier molecular flexibility index (Phi) is 5.04. The van der Waals surface area contributed by atoms with Crippen LogP contribution < -0.4 is 5.32 Å². The Morgan fingerprint density at radius 3 is 1.92 bits per heavy atom. The Bertz CT molecular complexity index is 2130. The third-order valence-corrected chi connectivity index (χ3v) is 8.70. The normalized spacial score (nSPS) is 11.6. The summed E-state index contributed by atoms with van der Waals surface area (Å²) in [5, 5.41) is 8.52. The van der Waals surface area contributed by atoms with Gasteiger partial charge in [-0.3, -0.25) is 0 Å². The molecule has 0 amide bonds. The molecule has 2 heterocycles. The molecule has 2 aromatic heterocycles. The van der Waals surface area contributed by atoms with E-state index in [-0.39, 0.29) is 0 Å². The Balaban J connectivity index is 1.05. The molecular weight excluding hydrogens is 494 g/mol. The minimum absolute atomic E-state index is 0.922. The van der Waals surface area contributed by atoms with Gasteiger partial charge in [0.25, 0.3) is 0 Å². The van der Waals surface area contributed by atoms with E-state index in [2.05, 4.69) is 127 Å². The van der Waals surface area contributed by atoms with Gasteiger partial charge < -0.3 is 9.73 Å². The van der Waals surface area contributed by atoms with Crippen molar-refractivity contribution in [2.45, 2.75) is 0 Å². The van der Waals surface area contributed by atoms with Crippen LogP contribution >= 0.6 is 11.3 Å². The Morgan fingerprint density at radius 1 is 0.462 bits per heavy atom. The van der Waals surface area contributed by atoms with Crippen LogP contribution in [-0.4, -0.2) is 0 Å². The maximum Gasteiger partial charge on any atom is 0.135 e. The van der Waals surface area contributed by atoms with E-state index in [1.165, 1.54) is 42.4 Å². The van der Waals surface area contributed by atoms with Gasteiger partial charge in [-0.2, -0.15) is 0 Å². The summed E-state index contributed by atoms with van der Waals surface area (Å²) in [5.41, 5.74) is 8.86. The lowest BCUT2D eigenvalue weighted by molar-refractivity contribution is 0.669. The molecule has 0 fully saturated rings. The van der Waals surface area contributed by atoms with E-state index in [9.17, 15) is 0 Å². The highest BCUT2D eigenvalue weighted by Gasteiger charge is 2.11. The van der Waals surface area contributed by atoms with Gasteiger partial charge in [0.05, 0.1) is 0 Å². The van der Waals surface area contributed by atoms with Crippen molar-refractivity contribution in [3.05, 3.63) is 133 Å². The number of hydrogen-bond acceptors (Lipinski definition) is 3. The second-order valence-corrected chi connectivity index (χ2v) is 10.9. The number of furan rings is 1. The second-order valence-electron chi connectivity index (χ2n) is 9.87. The largest absolute Gasteiger partial charge is 0.456 e. The predicted molar refractivity (Wildman–Crippen MR) is 167 cm³/mol. The summed E-state index contributed by atoms with van der Waals surface area (Å²) in [5.74, 6) is 0. The predicted octanol–water partition coefficient (Wildman–Crippen LogP) is 11.0. The van der Waals surface area contributed by atoms with Gasteiger partial charge in [0, 0.05) is 42.3 Å². The molecule has 0 saturated carbocycles. The molecule has 39 heavy (non-hydrogen) atoms. The maximum absolute atomic E-state index is 5.99. The number of benzene rings is 6. The third kappa shape index (κ3) is 3.79. The first-order chi connectivity index (χ1) is 19.3. The summed E-state index contributed by atoms with van der Waals surface area (Å²) in [6.07, 6.45) is 0. The first-order valence-electron chi connectivity index (χ1n) is 13.1. The molecule has 6 aromatic carbocycles. The van der Waals surface area contributed by atoms with Gasteiger partial charge >= 0.3 is 0 Å². The summed E-state index contributed by atoms with van der Waals surface area (Å²) in [6.45, 7) is 0. The van der Waals surface area contributed by atoms with Gasteiger partial charge in [-0.1, -0.05) is 84.9 Å². The van der Waals surface area contributed by atoms with Crippen LogP contribution in [-0.2, 0) is 0 Å². The first kappa shape index (κ1) is 22.2. The standard InChI is InChI=1S/C36H23NOS/c1-3-10-33-29(6-1)32-22-25(16-21-34(32)38-33)23-12-17-26(18-13-23)37-27-19-14-24(15-20-27)28-8-5-9-31-30-7-2-4-11-35(30)39-36(28)31/h1-22,37H. The van der Waals surface area contributed by atoms with Gasteiger partial charge in [0.2, 0.25) is 0 Å². The molecule has 3 heteroatoms. The van der Waals surface area contributed by atoms with E-state index in [4.69, 9.17) is 4.42 Å². The van der Waals surface area contributed by atoms with Crippen LogP contribution in [0.5, 0.6) is 0 Å². The van der Waals surface area contributed by atoms with E-state index in [1.807, 2.05) is 23.5 Å². The van der Waals surface area contributed by atoms with Crippen LogP contribution in [0.4, 0.5) is 11.4 Å². The number of rotatable bonds is 4. The molecule has 0 radical (unpaired) electrons. The first-order valence-corrected chi connectivity index (χ1v) is 13.9. The molecule has 0 aliphatic heterocycles. The van der Waals surface area contributed by atoms with E-state index in [0.717, 1.165) is 33.3 Å². The monoisotopic (exact) mass is 517 g/mol. The number of nitrogens with one attached hydrogen (secondary N) is 1. The lowest BCUT2D eigenvalue weighted by atomic mass is 10.0. The molecule has 0 saturated heterocycles.